The lowest BCUT2D eigenvalue weighted by molar-refractivity contribution is 0.355. The van der Waals surface area contributed by atoms with Crippen molar-refractivity contribution in [3.8, 4) is 22.9 Å². The predicted molar refractivity (Wildman–Crippen MR) is 115 cm³/mol. The van der Waals surface area contributed by atoms with Crippen molar-refractivity contribution in [3.63, 3.8) is 0 Å². The van der Waals surface area contributed by atoms with Crippen molar-refractivity contribution in [1.82, 2.24) is 14.8 Å². The first-order valence-corrected chi connectivity index (χ1v) is 10.1. The van der Waals surface area contributed by atoms with E-state index >= 15 is 0 Å². The molecule has 5 nitrogen and oxygen atoms in total. The molecule has 0 aliphatic carbocycles. The molecule has 2 aromatic carbocycles. The molecular weight excluding hydrogens is 417 g/mol. The van der Waals surface area contributed by atoms with Gasteiger partial charge in [0.15, 0.2) is 22.5 Å². The van der Waals surface area contributed by atoms with Gasteiger partial charge in [0.2, 0.25) is 0 Å². The van der Waals surface area contributed by atoms with Gasteiger partial charge in [0.05, 0.1) is 14.2 Å². The largest absolute Gasteiger partial charge is 0.493 e. The molecule has 0 N–H and O–H groups in total. The summed E-state index contributed by atoms with van der Waals surface area (Å²) in [5.74, 6) is 2.67. The van der Waals surface area contributed by atoms with E-state index in [1.807, 2.05) is 41.0 Å². The minimum atomic E-state index is 0.577. The Morgan fingerprint density at radius 1 is 1.07 bits per heavy atom. The molecule has 0 spiro atoms. The number of methoxy groups -OCH3 is 2. The van der Waals surface area contributed by atoms with Gasteiger partial charge in [-0.3, -0.25) is 4.57 Å². The standard InChI is InChI=1S/C20H19Cl2N3O2S/c1-4-9-25-19(13-6-8-17(26-2)18(10-13)27-3)23-24-20(25)28-12-14-5-7-15(21)11-16(14)22/h4-8,10-11H,1,9,12H2,2-3H3. The van der Waals surface area contributed by atoms with Crippen molar-refractivity contribution >= 4 is 35.0 Å². The van der Waals surface area contributed by atoms with Gasteiger partial charge in [-0.25, -0.2) is 0 Å². The van der Waals surface area contributed by atoms with Gasteiger partial charge < -0.3 is 9.47 Å². The van der Waals surface area contributed by atoms with Crippen LogP contribution in [0.4, 0.5) is 0 Å². The van der Waals surface area contributed by atoms with Gasteiger partial charge in [0, 0.05) is 27.9 Å². The summed E-state index contributed by atoms with van der Waals surface area (Å²) in [7, 11) is 3.21. The molecule has 1 aromatic heterocycles. The molecule has 0 unspecified atom stereocenters. The summed E-state index contributed by atoms with van der Waals surface area (Å²) < 4.78 is 12.7. The van der Waals surface area contributed by atoms with Crippen molar-refractivity contribution in [2.45, 2.75) is 17.5 Å². The van der Waals surface area contributed by atoms with Crippen LogP contribution in [0, 0.1) is 0 Å². The zero-order chi connectivity index (χ0) is 20.1. The molecule has 3 rings (SSSR count). The number of thioether (sulfide) groups is 1. The van der Waals surface area contributed by atoms with E-state index in [4.69, 9.17) is 32.7 Å². The molecule has 0 aliphatic heterocycles. The summed E-state index contributed by atoms with van der Waals surface area (Å²) in [4.78, 5) is 0. The second kappa shape index (κ2) is 9.37. The third kappa shape index (κ3) is 4.46. The third-order valence-electron chi connectivity index (χ3n) is 4.04. The highest BCUT2D eigenvalue weighted by atomic mass is 35.5. The van der Waals surface area contributed by atoms with Crippen LogP contribution >= 0.6 is 35.0 Å². The minimum absolute atomic E-state index is 0.577. The van der Waals surface area contributed by atoms with Gasteiger partial charge >= 0.3 is 0 Å². The first kappa shape index (κ1) is 20.6. The summed E-state index contributed by atoms with van der Waals surface area (Å²) in [6.45, 7) is 4.43. The van der Waals surface area contributed by atoms with Crippen LogP contribution in [0.1, 0.15) is 5.56 Å². The van der Waals surface area contributed by atoms with Gasteiger partial charge in [-0.15, -0.1) is 16.8 Å². The minimum Gasteiger partial charge on any atom is -0.493 e. The zero-order valence-electron chi connectivity index (χ0n) is 15.5. The van der Waals surface area contributed by atoms with Crippen molar-refractivity contribution in [3.05, 3.63) is 64.7 Å². The molecule has 0 amide bonds. The van der Waals surface area contributed by atoms with Crippen molar-refractivity contribution in [2.24, 2.45) is 0 Å². The highest BCUT2D eigenvalue weighted by Crippen LogP contribution is 2.34. The number of nitrogens with zero attached hydrogens (tertiary/aromatic N) is 3. The predicted octanol–water partition coefficient (Wildman–Crippen LogP) is 5.75. The maximum Gasteiger partial charge on any atom is 0.192 e. The fraction of sp³-hybridized carbons (Fsp3) is 0.200. The number of allylic oxidation sites excluding steroid dienone is 1. The summed E-state index contributed by atoms with van der Waals surface area (Å²) in [6, 6.07) is 11.1. The lowest BCUT2D eigenvalue weighted by atomic mass is 10.2. The Bertz CT molecular complexity index is 992. The normalized spacial score (nSPS) is 10.7. The topological polar surface area (TPSA) is 49.2 Å². The van der Waals surface area contributed by atoms with Gasteiger partial charge in [0.1, 0.15) is 0 Å². The quantitative estimate of drug-likeness (QED) is 0.333. The van der Waals surface area contributed by atoms with E-state index in [2.05, 4.69) is 16.8 Å². The Morgan fingerprint density at radius 2 is 1.86 bits per heavy atom. The average Bonchev–Trinajstić information content (AvgIpc) is 3.09. The number of hydrogen-bond acceptors (Lipinski definition) is 5. The molecule has 146 valence electrons. The molecule has 0 bridgehead atoms. The first-order valence-electron chi connectivity index (χ1n) is 8.40. The average molecular weight is 436 g/mol. The third-order valence-corrected chi connectivity index (χ3v) is 5.64. The summed E-state index contributed by atoms with van der Waals surface area (Å²) >= 11 is 13.8. The lowest BCUT2D eigenvalue weighted by Gasteiger charge is -2.11. The van der Waals surface area contributed by atoms with Gasteiger partial charge in [0.25, 0.3) is 0 Å². The summed E-state index contributed by atoms with van der Waals surface area (Å²) in [6.07, 6.45) is 1.81. The SMILES string of the molecule is C=CCn1c(SCc2ccc(Cl)cc2Cl)nnc1-c1ccc(OC)c(OC)c1. The molecule has 3 aromatic rings. The fourth-order valence-electron chi connectivity index (χ4n) is 2.66. The van der Waals surface area contributed by atoms with Crippen LogP contribution in [0.25, 0.3) is 11.4 Å². The van der Waals surface area contributed by atoms with Crippen LogP contribution in [0.5, 0.6) is 11.5 Å². The van der Waals surface area contributed by atoms with Gasteiger partial charge in [-0.05, 0) is 35.9 Å². The molecular formula is C20H19Cl2N3O2S. The molecule has 0 aliphatic rings. The highest BCUT2D eigenvalue weighted by Gasteiger charge is 2.16. The Morgan fingerprint density at radius 3 is 2.54 bits per heavy atom. The van der Waals surface area contributed by atoms with Crippen LogP contribution < -0.4 is 9.47 Å². The molecule has 0 saturated carbocycles. The van der Waals surface area contributed by atoms with E-state index in [1.54, 1.807) is 32.0 Å². The number of rotatable bonds is 8. The zero-order valence-corrected chi connectivity index (χ0v) is 17.8. The molecule has 28 heavy (non-hydrogen) atoms. The van der Waals surface area contributed by atoms with Crippen LogP contribution in [0.2, 0.25) is 10.0 Å². The lowest BCUT2D eigenvalue weighted by Crippen LogP contribution is -2.01. The number of ether oxygens (including phenoxy) is 2. The molecule has 0 saturated heterocycles. The molecule has 0 radical (unpaired) electrons. The highest BCUT2D eigenvalue weighted by molar-refractivity contribution is 7.98. The van der Waals surface area contributed by atoms with Crippen LogP contribution in [-0.2, 0) is 12.3 Å². The number of halogens is 2. The van der Waals surface area contributed by atoms with Crippen LogP contribution in [-0.4, -0.2) is 29.0 Å². The van der Waals surface area contributed by atoms with Crippen molar-refractivity contribution in [1.29, 1.82) is 0 Å². The Labute approximate surface area is 178 Å². The Kier molecular flexibility index (Phi) is 6.88. The van der Waals surface area contributed by atoms with Crippen molar-refractivity contribution in [2.75, 3.05) is 14.2 Å². The molecule has 0 atom stereocenters. The second-order valence-electron chi connectivity index (χ2n) is 5.80. The van der Waals surface area contributed by atoms with E-state index in [-0.39, 0.29) is 0 Å². The molecule has 0 fully saturated rings. The summed E-state index contributed by atoms with van der Waals surface area (Å²) in [5, 5.41) is 10.8. The van der Waals surface area contributed by atoms with Crippen LogP contribution in [0.15, 0.2) is 54.2 Å². The Balaban J connectivity index is 1.90. The maximum absolute atomic E-state index is 6.28. The van der Waals surface area contributed by atoms with E-state index in [0.29, 0.717) is 33.8 Å². The molecule has 8 heteroatoms. The second-order valence-corrected chi connectivity index (χ2v) is 7.59. The monoisotopic (exact) mass is 435 g/mol. The van der Waals surface area contributed by atoms with E-state index in [0.717, 1.165) is 22.1 Å². The van der Waals surface area contributed by atoms with Gasteiger partial charge in [-0.2, -0.15) is 0 Å². The smallest absolute Gasteiger partial charge is 0.192 e. The molecule has 1 heterocycles. The first-order chi connectivity index (χ1) is 13.6. The van der Waals surface area contributed by atoms with Crippen LogP contribution in [0.3, 0.4) is 0 Å². The van der Waals surface area contributed by atoms with E-state index in [1.165, 1.54) is 0 Å². The van der Waals surface area contributed by atoms with E-state index in [9.17, 15) is 0 Å². The summed E-state index contributed by atoms with van der Waals surface area (Å²) in [5.41, 5.74) is 1.86. The number of benzene rings is 2. The fourth-order valence-corrected chi connectivity index (χ4v) is 4.17. The van der Waals surface area contributed by atoms with Gasteiger partial charge in [-0.1, -0.05) is 47.1 Å². The number of hydrogen-bond donors (Lipinski definition) is 0. The number of aromatic nitrogens is 3. The van der Waals surface area contributed by atoms with E-state index < -0.39 is 0 Å². The van der Waals surface area contributed by atoms with Crippen molar-refractivity contribution < 1.29 is 9.47 Å². The maximum atomic E-state index is 6.28. The Hall–Kier alpha value is -2.15.